The third-order valence-corrected chi connectivity index (χ3v) is 6.13. The molecule has 1 saturated heterocycles. The van der Waals surface area contributed by atoms with E-state index in [1.807, 2.05) is 60.4 Å². The van der Waals surface area contributed by atoms with E-state index >= 15 is 0 Å². The van der Waals surface area contributed by atoms with Crippen LogP contribution in [0, 0.1) is 17.0 Å². The Morgan fingerprint density at radius 1 is 0.917 bits per heavy atom. The zero-order valence-corrected chi connectivity index (χ0v) is 20.5. The second kappa shape index (κ2) is 11.0. The van der Waals surface area contributed by atoms with Crippen molar-refractivity contribution in [2.75, 3.05) is 36.4 Å². The first kappa shape index (κ1) is 24.8. The minimum absolute atomic E-state index is 0.0362. The third kappa shape index (κ3) is 5.84. The summed E-state index contributed by atoms with van der Waals surface area (Å²) in [6.45, 7) is 4.70. The highest BCUT2D eigenvalue weighted by atomic mass is 32.1. The summed E-state index contributed by atoms with van der Waals surface area (Å²) in [5, 5.41) is 16.6. The van der Waals surface area contributed by atoms with E-state index in [0.717, 1.165) is 11.3 Å². The first-order valence-corrected chi connectivity index (χ1v) is 11.8. The Morgan fingerprint density at radius 2 is 1.56 bits per heavy atom. The Balaban J connectivity index is 1.30. The van der Waals surface area contributed by atoms with Crippen molar-refractivity contribution < 1.29 is 14.5 Å². The monoisotopic (exact) mass is 503 g/mol. The van der Waals surface area contributed by atoms with Crippen LogP contribution in [0.25, 0.3) is 0 Å². The number of nitrogens with one attached hydrogen (secondary N) is 2. The van der Waals surface area contributed by atoms with Crippen LogP contribution in [0.5, 0.6) is 0 Å². The number of nitro benzene ring substituents is 1. The van der Waals surface area contributed by atoms with Gasteiger partial charge in [0, 0.05) is 49.2 Å². The molecule has 3 aromatic carbocycles. The van der Waals surface area contributed by atoms with Gasteiger partial charge in [-0.05, 0) is 61.6 Å². The van der Waals surface area contributed by atoms with E-state index in [-0.39, 0.29) is 22.3 Å². The molecular formula is C26H25N5O4S. The number of amides is 2. The summed E-state index contributed by atoms with van der Waals surface area (Å²) in [5.74, 6) is -0.611. The summed E-state index contributed by atoms with van der Waals surface area (Å²) >= 11 is 5.20. The molecule has 2 N–H and O–H groups in total. The number of thiocarbonyl (C=S) groups is 1. The SMILES string of the molecule is Cc1ccc(C(=O)N2CCN(c3ccc(NC(=S)NC(=O)c4ccccc4[N+](=O)[O-])cc3)CC2)cc1. The summed E-state index contributed by atoms with van der Waals surface area (Å²) < 4.78 is 0. The minimum atomic E-state index is -0.658. The Kier molecular flexibility index (Phi) is 7.55. The lowest BCUT2D eigenvalue weighted by Gasteiger charge is -2.36. The van der Waals surface area contributed by atoms with Gasteiger partial charge in [0.1, 0.15) is 5.56 Å². The molecule has 0 bridgehead atoms. The van der Waals surface area contributed by atoms with Gasteiger partial charge in [-0.2, -0.15) is 0 Å². The molecule has 1 aliphatic rings. The second-order valence-corrected chi connectivity index (χ2v) is 8.78. The molecule has 0 aliphatic carbocycles. The predicted octanol–water partition coefficient (Wildman–Crippen LogP) is 3.99. The van der Waals surface area contributed by atoms with E-state index in [1.165, 1.54) is 18.2 Å². The lowest BCUT2D eigenvalue weighted by Crippen LogP contribution is -2.48. The van der Waals surface area contributed by atoms with Crippen LogP contribution in [0.3, 0.4) is 0 Å². The number of piperazine rings is 1. The minimum Gasteiger partial charge on any atom is -0.368 e. The Bertz CT molecular complexity index is 1290. The number of benzene rings is 3. The van der Waals surface area contributed by atoms with Crippen LogP contribution in [-0.2, 0) is 0 Å². The largest absolute Gasteiger partial charge is 0.368 e. The zero-order valence-electron chi connectivity index (χ0n) is 19.6. The molecule has 2 amide bonds. The van der Waals surface area contributed by atoms with Gasteiger partial charge in [-0.1, -0.05) is 29.8 Å². The molecule has 9 nitrogen and oxygen atoms in total. The number of hydrogen-bond acceptors (Lipinski definition) is 6. The normalized spacial score (nSPS) is 13.1. The molecule has 3 aromatic rings. The molecule has 10 heteroatoms. The van der Waals surface area contributed by atoms with Crippen molar-refractivity contribution in [1.82, 2.24) is 10.2 Å². The van der Waals surface area contributed by atoms with Gasteiger partial charge in [0.05, 0.1) is 4.92 Å². The number of aryl methyl sites for hydroxylation is 1. The van der Waals surface area contributed by atoms with Gasteiger partial charge in [-0.15, -0.1) is 0 Å². The number of rotatable bonds is 5. The molecule has 1 fully saturated rings. The van der Waals surface area contributed by atoms with Gasteiger partial charge in [0.15, 0.2) is 5.11 Å². The number of para-hydroxylation sites is 1. The molecule has 0 atom stereocenters. The van der Waals surface area contributed by atoms with Gasteiger partial charge in [0.2, 0.25) is 0 Å². The Morgan fingerprint density at radius 3 is 2.19 bits per heavy atom. The highest BCUT2D eigenvalue weighted by molar-refractivity contribution is 7.80. The molecular weight excluding hydrogens is 478 g/mol. The molecule has 36 heavy (non-hydrogen) atoms. The topological polar surface area (TPSA) is 108 Å². The molecule has 4 rings (SSSR count). The number of carbonyl (C=O) groups excluding carboxylic acids is 2. The van der Waals surface area contributed by atoms with E-state index in [9.17, 15) is 19.7 Å². The second-order valence-electron chi connectivity index (χ2n) is 8.37. The van der Waals surface area contributed by atoms with Crippen molar-refractivity contribution >= 4 is 46.2 Å². The van der Waals surface area contributed by atoms with Crippen molar-refractivity contribution in [1.29, 1.82) is 0 Å². The molecule has 0 spiro atoms. The smallest absolute Gasteiger partial charge is 0.282 e. The lowest BCUT2D eigenvalue weighted by molar-refractivity contribution is -0.385. The summed E-state index contributed by atoms with van der Waals surface area (Å²) in [4.78, 5) is 39.8. The first-order valence-electron chi connectivity index (χ1n) is 11.4. The Hall–Kier alpha value is -4.31. The van der Waals surface area contributed by atoms with E-state index in [2.05, 4.69) is 15.5 Å². The first-order chi connectivity index (χ1) is 17.3. The molecule has 0 saturated carbocycles. The van der Waals surface area contributed by atoms with Crippen LogP contribution in [0.2, 0.25) is 0 Å². The van der Waals surface area contributed by atoms with Crippen LogP contribution in [0.4, 0.5) is 17.1 Å². The van der Waals surface area contributed by atoms with Crippen LogP contribution in [0.1, 0.15) is 26.3 Å². The third-order valence-electron chi connectivity index (χ3n) is 5.93. The van der Waals surface area contributed by atoms with E-state index in [4.69, 9.17) is 12.2 Å². The van der Waals surface area contributed by atoms with Gasteiger partial charge in [0.25, 0.3) is 17.5 Å². The average Bonchev–Trinajstić information content (AvgIpc) is 2.89. The molecule has 1 aliphatic heterocycles. The van der Waals surface area contributed by atoms with E-state index in [1.54, 1.807) is 6.07 Å². The van der Waals surface area contributed by atoms with Crippen molar-refractivity contribution in [3.8, 4) is 0 Å². The maximum absolute atomic E-state index is 12.7. The summed E-state index contributed by atoms with van der Waals surface area (Å²) in [6.07, 6.45) is 0. The number of hydrogen-bond donors (Lipinski definition) is 2. The number of nitro groups is 1. The number of carbonyl (C=O) groups is 2. The maximum atomic E-state index is 12.7. The number of anilines is 2. The van der Waals surface area contributed by atoms with Gasteiger partial charge in [-0.3, -0.25) is 25.0 Å². The molecule has 1 heterocycles. The van der Waals surface area contributed by atoms with Gasteiger partial charge < -0.3 is 15.1 Å². The van der Waals surface area contributed by atoms with Crippen molar-refractivity contribution in [2.24, 2.45) is 0 Å². The van der Waals surface area contributed by atoms with Crippen LogP contribution >= 0.6 is 12.2 Å². The average molecular weight is 504 g/mol. The van der Waals surface area contributed by atoms with Crippen LogP contribution in [0.15, 0.2) is 72.8 Å². The molecule has 0 aromatic heterocycles. The Labute approximate surface area is 213 Å². The highest BCUT2D eigenvalue weighted by Gasteiger charge is 2.23. The van der Waals surface area contributed by atoms with Crippen LogP contribution in [-0.4, -0.2) is 52.9 Å². The lowest BCUT2D eigenvalue weighted by atomic mass is 10.1. The molecule has 0 radical (unpaired) electrons. The summed E-state index contributed by atoms with van der Waals surface area (Å²) in [7, 11) is 0. The van der Waals surface area contributed by atoms with Crippen molar-refractivity contribution in [3.63, 3.8) is 0 Å². The van der Waals surface area contributed by atoms with Crippen molar-refractivity contribution in [2.45, 2.75) is 6.92 Å². The number of nitrogens with zero attached hydrogens (tertiary/aromatic N) is 3. The fourth-order valence-electron chi connectivity index (χ4n) is 3.96. The summed E-state index contributed by atoms with van der Waals surface area (Å²) in [6, 6.07) is 20.9. The van der Waals surface area contributed by atoms with Crippen molar-refractivity contribution in [3.05, 3.63) is 99.6 Å². The fraction of sp³-hybridized carbons (Fsp3) is 0.192. The standard InChI is InChI=1S/C26H25N5O4S/c1-18-6-8-19(9-7-18)25(33)30-16-14-29(15-17-30)21-12-10-20(11-13-21)27-26(36)28-24(32)22-4-2-3-5-23(22)31(34)35/h2-13H,14-17H2,1H3,(H2,27,28,32,36). The van der Waals surface area contributed by atoms with Gasteiger partial charge in [-0.25, -0.2) is 0 Å². The zero-order chi connectivity index (χ0) is 25.7. The highest BCUT2D eigenvalue weighted by Crippen LogP contribution is 2.21. The predicted molar refractivity (Wildman–Crippen MR) is 143 cm³/mol. The maximum Gasteiger partial charge on any atom is 0.282 e. The van der Waals surface area contributed by atoms with Gasteiger partial charge >= 0.3 is 0 Å². The van der Waals surface area contributed by atoms with E-state index < -0.39 is 10.8 Å². The molecule has 0 unspecified atom stereocenters. The molecule has 184 valence electrons. The quantitative estimate of drug-likeness (QED) is 0.308. The fourth-order valence-corrected chi connectivity index (χ4v) is 4.17. The van der Waals surface area contributed by atoms with E-state index in [0.29, 0.717) is 37.4 Å². The summed E-state index contributed by atoms with van der Waals surface area (Å²) in [5.41, 5.74) is 3.15. The van der Waals surface area contributed by atoms with Crippen LogP contribution < -0.4 is 15.5 Å².